The van der Waals surface area contributed by atoms with E-state index in [-0.39, 0.29) is 17.4 Å². The normalized spacial score (nSPS) is 14.7. The fraction of sp³-hybridized carbons (Fsp3) is 0.261. The zero-order chi connectivity index (χ0) is 22.3. The molecule has 7 nitrogen and oxygen atoms in total. The Morgan fingerprint density at radius 2 is 2.03 bits per heavy atom. The van der Waals surface area contributed by atoms with Crippen LogP contribution in [-0.2, 0) is 0 Å². The number of anilines is 1. The van der Waals surface area contributed by atoms with Crippen LogP contribution in [0.25, 0.3) is 16.6 Å². The highest BCUT2D eigenvalue weighted by atomic mass is 19.1. The number of nitrogens with two attached hydrogens (primary N) is 1. The van der Waals surface area contributed by atoms with Crippen molar-refractivity contribution in [3.63, 3.8) is 0 Å². The number of ether oxygens (including phenoxy) is 1. The standard InChI is InChI=1S/C21H18FN5O2.C2H6/c1-11-3-4-12-18(9-29-19(12)5-11)26(2)21(28)13-6-16-15(7-14(13)22)25-20(23)17-8-24-10-27(16)17;1-2/h3-8,10,18H,9H2,1-2H3,(H2,23,25);1-2H3. The van der Waals surface area contributed by atoms with E-state index >= 15 is 0 Å². The summed E-state index contributed by atoms with van der Waals surface area (Å²) in [4.78, 5) is 23.0. The topological polar surface area (TPSA) is 85.8 Å². The number of rotatable bonds is 2. The number of aromatic nitrogens is 3. The largest absolute Gasteiger partial charge is 0.491 e. The number of carbonyl (C=O) groups is 1. The molecule has 2 N–H and O–H groups in total. The lowest BCUT2D eigenvalue weighted by Gasteiger charge is -2.24. The average molecular weight is 421 g/mol. The van der Waals surface area contributed by atoms with Gasteiger partial charge in [0, 0.05) is 18.7 Å². The summed E-state index contributed by atoms with van der Waals surface area (Å²) in [6.45, 7) is 6.31. The predicted octanol–water partition coefficient (Wildman–Crippen LogP) is 4.14. The lowest BCUT2D eigenvalue weighted by atomic mass is 10.0. The van der Waals surface area contributed by atoms with Crippen LogP contribution in [0.1, 0.15) is 41.4 Å². The Morgan fingerprint density at radius 1 is 1.26 bits per heavy atom. The molecule has 0 saturated heterocycles. The molecule has 1 atom stereocenters. The number of hydrogen-bond donors (Lipinski definition) is 1. The first-order valence-corrected chi connectivity index (χ1v) is 10.2. The smallest absolute Gasteiger partial charge is 0.257 e. The number of benzene rings is 2. The van der Waals surface area contributed by atoms with E-state index in [1.807, 2.05) is 39.0 Å². The van der Waals surface area contributed by atoms with Crippen molar-refractivity contribution in [3.8, 4) is 5.75 Å². The number of amides is 1. The number of nitrogen functional groups attached to an aromatic ring is 1. The van der Waals surface area contributed by atoms with Gasteiger partial charge >= 0.3 is 0 Å². The first-order valence-electron chi connectivity index (χ1n) is 10.2. The monoisotopic (exact) mass is 421 g/mol. The van der Waals surface area contributed by atoms with Crippen LogP contribution in [0.2, 0.25) is 0 Å². The molecular formula is C23H24FN5O2. The lowest BCUT2D eigenvalue weighted by molar-refractivity contribution is 0.0704. The average Bonchev–Trinajstić information content (AvgIpc) is 3.41. The van der Waals surface area contributed by atoms with E-state index in [4.69, 9.17) is 10.5 Å². The van der Waals surface area contributed by atoms with E-state index in [9.17, 15) is 9.18 Å². The van der Waals surface area contributed by atoms with E-state index in [2.05, 4.69) is 9.97 Å². The number of nitrogens with zero attached hydrogens (tertiary/aromatic N) is 4. The van der Waals surface area contributed by atoms with Crippen LogP contribution >= 0.6 is 0 Å². The third kappa shape index (κ3) is 3.34. The summed E-state index contributed by atoms with van der Waals surface area (Å²) in [5.74, 6) is -0.0747. The van der Waals surface area contributed by atoms with Crippen LogP contribution in [0.15, 0.2) is 42.9 Å². The van der Waals surface area contributed by atoms with Crippen molar-refractivity contribution >= 4 is 28.3 Å². The van der Waals surface area contributed by atoms with Crippen molar-refractivity contribution < 1.29 is 13.9 Å². The zero-order valence-electron chi connectivity index (χ0n) is 17.9. The molecule has 2 aromatic heterocycles. The number of likely N-dealkylation sites (N-methyl/N-ethyl adjacent to an activating group) is 1. The van der Waals surface area contributed by atoms with Crippen LogP contribution < -0.4 is 10.5 Å². The number of carbonyl (C=O) groups excluding carboxylic acids is 1. The van der Waals surface area contributed by atoms with Crippen molar-refractivity contribution in [3.05, 3.63) is 65.4 Å². The van der Waals surface area contributed by atoms with Gasteiger partial charge < -0.3 is 15.4 Å². The van der Waals surface area contributed by atoms with Gasteiger partial charge in [-0.3, -0.25) is 9.20 Å². The van der Waals surface area contributed by atoms with Crippen molar-refractivity contribution in [2.24, 2.45) is 0 Å². The van der Waals surface area contributed by atoms with Gasteiger partial charge in [-0.25, -0.2) is 14.4 Å². The molecule has 1 amide bonds. The molecule has 4 aromatic rings. The van der Waals surface area contributed by atoms with E-state index in [0.29, 0.717) is 23.2 Å². The van der Waals surface area contributed by atoms with Gasteiger partial charge in [-0.05, 0) is 24.6 Å². The summed E-state index contributed by atoms with van der Waals surface area (Å²) >= 11 is 0. The second-order valence-corrected chi connectivity index (χ2v) is 7.25. The molecule has 31 heavy (non-hydrogen) atoms. The molecule has 1 unspecified atom stereocenters. The maximum atomic E-state index is 14.8. The molecule has 5 rings (SSSR count). The SMILES string of the molecule is CC.Cc1ccc2c(c1)OCC2N(C)C(=O)c1cc2c(cc1F)nc(N)c1cncn12. The lowest BCUT2D eigenvalue weighted by Crippen LogP contribution is -2.32. The maximum absolute atomic E-state index is 14.8. The van der Waals surface area contributed by atoms with Crippen LogP contribution in [0.4, 0.5) is 10.2 Å². The Balaban J connectivity index is 0.00000112. The molecule has 2 aromatic carbocycles. The van der Waals surface area contributed by atoms with E-state index in [1.54, 1.807) is 24.0 Å². The molecule has 0 fully saturated rings. The molecule has 8 heteroatoms. The molecule has 0 aliphatic carbocycles. The number of aryl methyl sites for hydroxylation is 1. The first kappa shape index (κ1) is 20.6. The Morgan fingerprint density at radius 3 is 2.81 bits per heavy atom. The third-order valence-electron chi connectivity index (χ3n) is 5.41. The Hall–Kier alpha value is -3.68. The molecule has 3 heterocycles. The molecule has 1 aliphatic heterocycles. The summed E-state index contributed by atoms with van der Waals surface area (Å²) in [7, 11) is 1.66. The van der Waals surface area contributed by atoms with E-state index < -0.39 is 11.7 Å². The van der Waals surface area contributed by atoms with E-state index in [0.717, 1.165) is 16.9 Å². The Bertz CT molecular complexity index is 1300. The minimum atomic E-state index is -0.649. The van der Waals surface area contributed by atoms with Crippen molar-refractivity contribution in [1.82, 2.24) is 19.3 Å². The Kier molecular flexibility index (Phi) is 5.22. The molecule has 0 bridgehead atoms. The minimum absolute atomic E-state index is 0.0397. The number of halogens is 1. The Labute approximate surface area is 179 Å². The highest BCUT2D eigenvalue weighted by Gasteiger charge is 2.32. The predicted molar refractivity (Wildman–Crippen MR) is 118 cm³/mol. The van der Waals surface area contributed by atoms with Crippen LogP contribution in [0.3, 0.4) is 0 Å². The quantitative estimate of drug-likeness (QED) is 0.526. The van der Waals surface area contributed by atoms with Crippen molar-refractivity contribution in [1.29, 1.82) is 0 Å². The van der Waals surface area contributed by atoms with Gasteiger partial charge in [0.2, 0.25) is 0 Å². The molecule has 0 radical (unpaired) electrons. The zero-order valence-corrected chi connectivity index (χ0v) is 17.9. The minimum Gasteiger partial charge on any atom is -0.491 e. The fourth-order valence-electron chi connectivity index (χ4n) is 3.81. The molecule has 1 aliphatic rings. The van der Waals surface area contributed by atoms with Gasteiger partial charge in [0.25, 0.3) is 5.91 Å². The van der Waals surface area contributed by atoms with E-state index in [1.165, 1.54) is 17.0 Å². The second kappa shape index (κ2) is 7.86. The van der Waals surface area contributed by atoms with Crippen LogP contribution in [0, 0.1) is 12.7 Å². The summed E-state index contributed by atoms with van der Waals surface area (Å²) in [6.07, 6.45) is 3.14. The summed E-state index contributed by atoms with van der Waals surface area (Å²) < 4.78 is 22.3. The van der Waals surface area contributed by atoms with Gasteiger partial charge in [0.15, 0.2) is 0 Å². The number of imidazole rings is 1. The molecule has 0 saturated carbocycles. The highest BCUT2D eigenvalue weighted by molar-refractivity contribution is 5.98. The molecular weight excluding hydrogens is 397 g/mol. The molecule has 0 spiro atoms. The fourth-order valence-corrected chi connectivity index (χ4v) is 3.81. The van der Waals surface area contributed by atoms with Crippen molar-refractivity contribution in [2.45, 2.75) is 26.8 Å². The third-order valence-corrected chi connectivity index (χ3v) is 5.41. The van der Waals surface area contributed by atoms with Gasteiger partial charge in [-0.1, -0.05) is 26.0 Å². The maximum Gasteiger partial charge on any atom is 0.257 e. The second-order valence-electron chi connectivity index (χ2n) is 7.25. The summed E-state index contributed by atoms with van der Waals surface area (Å²) in [5.41, 5.74) is 9.39. The van der Waals surface area contributed by atoms with Gasteiger partial charge in [0.05, 0.1) is 35.2 Å². The highest BCUT2D eigenvalue weighted by Crippen LogP contribution is 2.37. The van der Waals surface area contributed by atoms with Gasteiger partial charge in [0.1, 0.15) is 29.5 Å². The van der Waals surface area contributed by atoms with Crippen LogP contribution in [-0.4, -0.2) is 38.8 Å². The van der Waals surface area contributed by atoms with Gasteiger partial charge in [-0.15, -0.1) is 0 Å². The van der Waals surface area contributed by atoms with Crippen LogP contribution in [0.5, 0.6) is 5.75 Å². The number of hydrogen-bond acceptors (Lipinski definition) is 5. The first-order chi connectivity index (χ1) is 14.9. The number of fused-ring (bicyclic) bond motifs is 4. The summed E-state index contributed by atoms with van der Waals surface area (Å²) in [6, 6.07) is 8.30. The summed E-state index contributed by atoms with van der Waals surface area (Å²) in [5, 5.41) is 0. The van der Waals surface area contributed by atoms with Gasteiger partial charge in [-0.2, -0.15) is 0 Å². The molecule has 160 valence electrons. The van der Waals surface area contributed by atoms with Crippen molar-refractivity contribution in [2.75, 3.05) is 19.4 Å².